The second kappa shape index (κ2) is 6.29. The van der Waals surface area contributed by atoms with Crippen molar-refractivity contribution in [2.45, 2.75) is 17.2 Å². The third kappa shape index (κ3) is 2.78. The molecule has 0 N–H and O–H groups in total. The number of imidazole rings is 1. The summed E-state index contributed by atoms with van der Waals surface area (Å²) in [7, 11) is -1.85. The molecule has 0 unspecified atom stereocenters. The van der Waals surface area contributed by atoms with Crippen molar-refractivity contribution in [2.24, 2.45) is 7.05 Å². The minimum absolute atomic E-state index is 0.00350. The van der Waals surface area contributed by atoms with Crippen molar-refractivity contribution < 1.29 is 12.8 Å². The largest absolute Gasteiger partial charge is 0.316 e. The second-order valence-corrected chi connectivity index (χ2v) is 8.64. The number of halogens is 2. The van der Waals surface area contributed by atoms with Crippen LogP contribution >= 0.6 is 11.6 Å². The molecule has 1 aliphatic rings. The molecule has 0 saturated carbocycles. The summed E-state index contributed by atoms with van der Waals surface area (Å²) in [6.45, 7) is 0.688. The van der Waals surface area contributed by atoms with Gasteiger partial charge in [-0.05, 0) is 36.8 Å². The van der Waals surface area contributed by atoms with Gasteiger partial charge in [0, 0.05) is 32.3 Å². The number of hydrogen-bond donors (Lipinski definition) is 0. The van der Waals surface area contributed by atoms with E-state index >= 15 is 0 Å². The molecule has 1 atom stereocenters. The monoisotopic (exact) mass is 394 g/mol. The number of pyridine rings is 1. The fraction of sp³-hybridized carbons (Fsp3) is 0.294. The van der Waals surface area contributed by atoms with Crippen LogP contribution in [-0.4, -0.2) is 40.3 Å². The summed E-state index contributed by atoms with van der Waals surface area (Å²) in [5, 5.41) is -0.205. The van der Waals surface area contributed by atoms with E-state index in [9.17, 15) is 12.8 Å². The van der Waals surface area contributed by atoms with Crippen LogP contribution in [-0.2, 0) is 17.1 Å². The van der Waals surface area contributed by atoms with Gasteiger partial charge in [0.2, 0.25) is 10.0 Å². The molecule has 136 valence electrons. The first-order valence-electron chi connectivity index (χ1n) is 8.10. The van der Waals surface area contributed by atoms with E-state index in [-0.39, 0.29) is 15.8 Å². The third-order valence-corrected chi connectivity index (χ3v) is 6.86. The molecule has 0 aliphatic carbocycles. The summed E-state index contributed by atoms with van der Waals surface area (Å²) in [6, 6.07) is 7.17. The highest BCUT2D eigenvalue weighted by Crippen LogP contribution is 2.32. The number of nitrogens with zero attached hydrogens (tertiary/aromatic N) is 4. The molecule has 3 aromatic rings. The Morgan fingerprint density at radius 3 is 2.85 bits per heavy atom. The van der Waals surface area contributed by atoms with Crippen LogP contribution in [0.5, 0.6) is 0 Å². The summed E-state index contributed by atoms with van der Waals surface area (Å²) in [5.41, 5.74) is 1.56. The topological polar surface area (TPSA) is 68.1 Å². The van der Waals surface area contributed by atoms with E-state index in [1.165, 1.54) is 10.4 Å². The van der Waals surface area contributed by atoms with Gasteiger partial charge in [-0.15, -0.1) is 0 Å². The van der Waals surface area contributed by atoms with Crippen LogP contribution in [0.4, 0.5) is 4.39 Å². The predicted octanol–water partition coefficient (Wildman–Crippen LogP) is 2.94. The maximum absolute atomic E-state index is 13.3. The Hall–Kier alpha value is -2.03. The van der Waals surface area contributed by atoms with Gasteiger partial charge in [-0.3, -0.25) is 0 Å². The highest BCUT2D eigenvalue weighted by Gasteiger charge is 2.35. The van der Waals surface area contributed by atoms with Crippen LogP contribution in [0, 0.1) is 5.82 Å². The highest BCUT2D eigenvalue weighted by atomic mass is 35.5. The molecular formula is C17H16ClFN4O2S. The summed E-state index contributed by atoms with van der Waals surface area (Å²) in [4.78, 5) is 8.94. The van der Waals surface area contributed by atoms with Crippen molar-refractivity contribution in [2.75, 3.05) is 13.1 Å². The number of aryl methyl sites for hydroxylation is 1. The zero-order valence-electron chi connectivity index (χ0n) is 13.9. The van der Waals surface area contributed by atoms with Crippen molar-refractivity contribution in [3.8, 4) is 0 Å². The van der Waals surface area contributed by atoms with E-state index in [4.69, 9.17) is 11.6 Å². The SMILES string of the molecule is Cn1c([C@@H]2CCN(S(=O)(=O)c3ccc(F)c(Cl)c3)C2)nc2cccnc21. The normalized spacial score (nSPS) is 18.7. The first-order valence-corrected chi connectivity index (χ1v) is 9.92. The smallest absolute Gasteiger partial charge is 0.243 e. The average Bonchev–Trinajstić information content (AvgIpc) is 3.23. The van der Waals surface area contributed by atoms with E-state index in [2.05, 4.69) is 9.97 Å². The quantitative estimate of drug-likeness (QED) is 0.685. The van der Waals surface area contributed by atoms with E-state index in [1.54, 1.807) is 6.20 Å². The number of fused-ring (bicyclic) bond motifs is 1. The van der Waals surface area contributed by atoms with Gasteiger partial charge in [0.05, 0.1) is 9.92 Å². The number of aromatic nitrogens is 3. The van der Waals surface area contributed by atoms with Crippen LogP contribution in [0.15, 0.2) is 41.4 Å². The first kappa shape index (κ1) is 17.4. The van der Waals surface area contributed by atoms with Gasteiger partial charge in [0.15, 0.2) is 5.65 Å². The fourth-order valence-electron chi connectivity index (χ4n) is 3.35. The highest BCUT2D eigenvalue weighted by molar-refractivity contribution is 7.89. The number of sulfonamides is 1. The van der Waals surface area contributed by atoms with E-state index in [0.717, 1.165) is 29.1 Å². The Kier molecular flexibility index (Phi) is 4.21. The zero-order chi connectivity index (χ0) is 18.5. The lowest BCUT2D eigenvalue weighted by molar-refractivity contribution is 0.470. The fourth-order valence-corrected chi connectivity index (χ4v) is 5.12. The molecule has 0 spiro atoms. The molecule has 9 heteroatoms. The van der Waals surface area contributed by atoms with Crippen LogP contribution in [0.25, 0.3) is 11.2 Å². The molecule has 0 bridgehead atoms. The van der Waals surface area contributed by atoms with Crippen molar-refractivity contribution >= 4 is 32.8 Å². The molecule has 0 amide bonds. The summed E-state index contributed by atoms with van der Waals surface area (Å²) in [6.07, 6.45) is 2.36. The lowest BCUT2D eigenvalue weighted by Gasteiger charge is -2.17. The van der Waals surface area contributed by atoms with E-state index < -0.39 is 15.8 Å². The van der Waals surface area contributed by atoms with Gasteiger partial charge in [0.1, 0.15) is 17.2 Å². The second-order valence-electron chi connectivity index (χ2n) is 6.30. The molecule has 1 saturated heterocycles. The van der Waals surface area contributed by atoms with Crippen LogP contribution in [0.2, 0.25) is 5.02 Å². The number of rotatable bonds is 3. The van der Waals surface area contributed by atoms with Gasteiger partial charge in [-0.2, -0.15) is 4.31 Å². The van der Waals surface area contributed by atoms with Crippen LogP contribution in [0.1, 0.15) is 18.2 Å². The van der Waals surface area contributed by atoms with Gasteiger partial charge < -0.3 is 4.57 Å². The average molecular weight is 395 g/mol. The van der Waals surface area contributed by atoms with Crippen LogP contribution in [0.3, 0.4) is 0 Å². The number of hydrogen-bond acceptors (Lipinski definition) is 4. The molecule has 1 aliphatic heterocycles. The number of benzene rings is 1. The molecule has 2 aromatic heterocycles. The van der Waals surface area contributed by atoms with Crippen molar-refractivity contribution in [3.05, 3.63) is 53.2 Å². The lowest BCUT2D eigenvalue weighted by Crippen LogP contribution is -2.29. The van der Waals surface area contributed by atoms with Gasteiger partial charge in [0.25, 0.3) is 0 Å². The summed E-state index contributed by atoms with van der Waals surface area (Å²) >= 11 is 5.74. The molecule has 1 aromatic carbocycles. The molecule has 4 rings (SSSR count). The summed E-state index contributed by atoms with van der Waals surface area (Å²) in [5.74, 6) is 0.144. The molecule has 0 radical (unpaired) electrons. The first-order chi connectivity index (χ1) is 12.4. The molecule has 1 fully saturated rings. The van der Waals surface area contributed by atoms with Crippen molar-refractivity contribution in [1.29, 1.82) is 0 Å². The lowest BCUT2D eigenvalue weighted by atomic mass is 10.1. The van der Waals surface area contributed by atoms with Gasteiger partial charge in [-0.25, -0.2) is 22.8 Å². The van der Waals surface area contributed by atoms with Crippen molar-refractivity contribution in [1.82, 2.24) is 18.8 Å². The van der Waals surface area contributed by atoms with Crippen LogP contribution < -0.4 is 0 Å². The van der Waals surface area contributed by atoms with Crippen molar-refractivity contribution in [3.63, 3.8) is 0 Å². The van der Waals surface area contributed by atoms with E-state index in [0.29, 0.717) is 19.5 Å². The third-order valence-electron chi connectivity index (χ3n) is 4.71. The standard InChI is InChI=1S/C17H16ClFN4O2S/c1-22-16(21-15-3-2-7-20-17(15)22)11-6-8-23(10-11)26(24,25)12-4-5-14(19)13(18)9-12/h2-5,7,9,11H,6,8,10H2,1H3/t11-/m1/s1. The van der Waals surface area contributed by atoms with Gasteiger partial charge in [-0.1, -0.05) is 11.6 Å². The molecule has 26 heavy (non-hydrogen) atoms. The Morgan fingerprint density at radius 2 is 2.12 bits per heavy atom. The molecular weight excluding hydrogens is 379 g/mol. The minimum Gasteiger partial charge on any atom is -0.316 e. The Bertz CT molecular complexity index is 1100. The zero-order valence-corrected chi connectivity index (χ0v) is 15.5. The predicted molar refractivity (Wildman–Crippen MR) is 96.0 cm³/mol. The Balaban J connectivity index is 1.63. The minimum atomic E-state index is -3.73. The summed E-state index contributed by atoms with van der Waals surface area (Å²) < 4.78 is 42.3. The molecule has 6 nitrogen and oxygen atoms in total. The Morgan fingerprint density at radius 1 is 1.31 bits per heavy atom. The Labute approximate surface area is 155 Å². The molecule has 3 heterocycles. The van der Waals surface area contributed by atoms with E-state index in [1.807, 2.05) is 23.7 Å². The van der Waals surface area contributed by atoms with Gasteiger partial charge >= 0.3 is 0 Å². The maximum Gasteiger partial charge on any atom is 0.243 e. The maximum atomic E-state index is 13.3.